The maximum Gasteiger partial charge on any atom is 0.126 e. The Morgan fingerprint density at radius 1 is 1.44 bits per heavy atom. The molecule has 0 spiro atoms. The lowest BCUT2D eigenvalue weighted by Crippen LogP contribution is -2.16. The van der Waals surface area contributed by atoms with E-state index in [1.54, 1.807) is 6.08 Å². The summed E-state index contributed by atoms with van der Waals surface area (Å²) in [6.45, 7) is 7.80. The Balaban J connectivity index is 3.02. The van der Waals surface area contributed by atoms with Crippen molar-refractivity contribution < 1.29 is 4.74 Å². The molecule has 1 aromatic carbocycles. The van der Waals surface area contributed by atoms with Gasteiger partial charge in [0.1, 0.15) is 11.9 Å². The molecule has 1 rings (SSSR count). The van der Waals surface area contributed by atoms with Crippen LogP contribution in [-0.4, -0.2) is 13.2 Å². The summed E-state index contributed by atoms with van der Waals surface area (Å²) in [5.41, 5.74) is 1.15. The van der Waals surface area contributed by atoms with Crippen LogP contribution in [0.1, 0.15) is 25.5 Å². The minimum atomic E-state index is 0.0112. The molecule has 2 unspecified atom stereocenters. The second-order valence-corrected chi connectivity index (χ2v) is 4.67. The van der Waals surface area contributed by atoms with Crippen LogP contribution in [-0.2, 0) is 0 Å². The zero-order valence-corrected chi connectivity index (χ0v) is 11.5. The molecule has 3 heteroatoms. The average Bonchev–Trinajstić information content (AvgIpc) is 2.28. The van der Waals surface area contributed by atoms with Gasteiger partial charge in [0.2, 0.25) is 0 Å². The number of ether oxygens (including phenoxy) is 1. The summed E-state index contributed by atoms with van der Waals surface area (Å²) in [5.74, 6) is 0.892. The Hall–Kier alpha value is -0.800. The van der Waals surface area contributed by atoms with Crippen LogP contribution >= 0.6 is 15.9 Å². The van der Waals surface area contributed by atoms with Crippen LogP contribution < -0.4 is 10.1 Å². The van der Waals surface area contributed by atoms with Gasteiger partial charge in [-0.05, 0) is 33.0 Å². The van der Waals surface area contributed by atoms with E-state index in [0.717, 1.165) is 15.8 Å². The molecule has 0 heterocycles. The number of halogens is 1. The molecule has 0 amide bonds. The number of rotatable bonds is 5. The zero-order chi connectivity index (χ0) is 12.1. The highest BCUT2D eigenvalue weighted by molar-refractivity contribution is 9.10. The highest BCUT2D eigenvalue weighted by Gasteiger charge is 2.11. The third kappa shape index (κ3) is 3.35. The van der Waals surface area contributed by atoms with Crippen molar-refractivity contribution in [2.45, 2.75) is 26.0 Å². The zero-order valence-electron chi connectivity index (χ0n) is 9.96. The molecule has 0 saturated heterocycles. The molecule has 88 valence electrons. The predicted molar refractivity (Wildman–Crippen MR) is 71.9 cm³/mol. The Kier molecular flexibility index (Phi) is 5.03. The molecular weight excluding hydrogens is 266 g/mol. The van der Waals surface area contributed by atoms with Gasteiger partial charge >= 0.3 is 0 Å². The van der Waals surface area contributed by atoms with Crippen LogP contribution in [0.5, 0.6) is 5.75 Å². The minimum absolute atomic E-state index is 0.0112. The van der Waals surface area contributed by atoms with Gasteiger partial charge in [0.25, 0.3) is 0 Å². The molecule has 0 aliphatic heterocycles. The van der Waals surface area contributed by atoms with Crippen LogP contribution in [0.4, 0.5) is 0 Å². The van der Waals surface area contributed by atoms with Gasteiger partial charge in [-0.15, -0.1) is 0 Å². The van der Waals surface area contributed by atoms with Crippen LogP contribution in [0, 0.1) is 0 Å². The van der Waals surface area contributed by atoms with Crippen molar-refractivity contribution in [2.24, 2.45) is 0 Å². The molecule has 16 heavy (non-hydrogen) atoms. The van der Waals surface area contributed by atoms with Gasteiger partial charge in [-0.1, -0.05) is 34.7 Å². The van der Waals surface area contributed by atoms with E-state index in [9.17, 15) is 0 Å². The third-order valence-electron chi connectivity index (χ3n) is 2.52. The lowest BCUT2D eigenvalue weighted by molar-refractivity contribution is 0.265. The van der Waals surface area contributed by atoms with Crippen LogP contribution in [0.15, 0.2) is 35.3 Å². The molecule has 0 bridgehead atoms. The number of benzene rings is 1. The molecular formula is C13H18BrNO. The molecule has 2 nitrogen and oxygen atoms in total. The second-order valence-electron chi connectivity index (χ2n) is 3.75. The molecule has 1 N–H and O–H groups in total. The number of nitrogens with one attached hydrogen (secondary N) is 1. The summed E-state index contributed by atoms with van der Waals surface area (Å²) < 4.78 is 6.83. The maximum atomic E-state index is 5.81. The predicted octanol–water partition coefficient (Wildman–Crippen LogP) is 3.68. The Bertz CT molecular complexity index is 365. The highest BCUT2D eigenvalue weighted by atomic mass is 79.9. The summed E-state index contributed by atoms with van der Waals surface area (Å²) in [7, 11) is 1.94. The molecule has 0 aliphatic carbocycles. The monoisotopic (exact) mass is 283 g/mol. The lowest BCUT2D eigenvalue weighted by Gasteiger charge is -2.19. The maximum absolute atomic E-state index is 5.81. The topological polar surface area (TPSA) is 21.3 Å². The van der Waals surface area contributed by atoms with Gasteiger partial charge in [-0.2, -0.15) is 0 Å². The van der Waals surface area contributed by atoms with E-state index in [1.165, 1.54) is 0 Å². The molecule has 0 fully saturated rings. The van der Waals surface area contributed by atoms with Crippen molar-refractivity contribution >= 4 is 15.9 Å². The quantitative estimate of drug-likeness (QED) is 0.833. The molecule has 2 atom stereocenters. The lowest BCUT2D eigenvalue weighted by atomic mass is 10.1. The van der Waals surface area contributed by atoms with Crippen molar-refractivity contribution in [3.05, 3.63) is 40.9 Å². The van der Waals surface area contributed by atoms with Gasteiger partial charge in [0, 0.05) is 16.1 Å². The van der Waals surface area contributed by atoms with Gasteiger partial charge in [-0.25, -0.2) is 0 Å². The molecule has 1 aromatic rings. The first-order valence-corrected chi connectivity index (χ1v) is 6.13. The highest BCUT2D eigenvalue weighted by Crippen LogP contribution is 2.29. The van der Waals surface area contributed by atoms with Crippen molar-refractivity contribution in [3.8, 4) is 5.75 Å². The summed E-state index contributed by atoms with van der Waals surface area (Å²) in [5, 5.41) is 3.21. The Morgan fingerprint density at radius 3 is 2.69 bits per heavy atom. The fraction of sp³-hybridized carbons (Fsp3) is 0.385. The Morgan fingerprint density at radius 2 is 2.12 bits per heavy atom. The van der Waals surface area contributed by atoms with E-state index in [1.807, 2.05) is 26.1 Å². The van der Waals surface area contributed by atoms with Crippen LogP contribution in [0.3, 0.4) is 0 Å². The minimum Gasteiger partial charge on any atom is -0.486 e. The van der Waals surface area contributed by atoms with Crippen LogP contribution in [0.2, 0.25) is 0 Å². The van der Waals surface area contributed by atoms with Gasteiger partial charge < -0.3 is 10.1 Å². The first-order chi connectivity index (χ1) is 7.58. The summed E-state index contributed by atoms with van der Waals surface area (Å²) >= 11 is 3.45. The van der Waals surface area contributed by atoms with Gasteiger partial charge in [0.05, 0.1) is 0 Å². The number of hydrogen-bond acceptors (Lipinski definition) is 2. The van der Waals surface area contributed by atoms with Crippen molar-refractivity contribution in [1.82, 2.24) is 5.32 Å². The largest absolute Gasteiger partial charge is 0.486 e. The van der Waals surface area contributed by atoms with Crippen molar-refractivity contribution in [3.63, 3.8) is 0 Å². The second kappa shape index (κ2) is 6.06. The van der Waals surface area contributed by atoms with Crippen molar-refractivity contribution in [1.29, 1.82) is 0 Å². The molecule has 0 radical (unpaired) electrons. The average molecular weight is 284 g/mol. The summed E-state index contributed by atoms with van der Waals surface area (Å²) in [6, 6.07) is 6.34. The summed E-state index contributed by atoms with van der Waals surface area (Å²) in [6.07, 6.45) is 1.80. The Labute approximate surface area is 106 Å². The van der Waals surface area contributed by atoms with E-state index in [0.29, 0.717) is 0 Å². The van der Waals surface area contributed by atoms with Gasteiger partial charge in [0.15, 0.2) is 0 Å². The normalized spacial score (nSPS) is 14.2. The summed E-state index contributed by atoms with van der Waals surface area (Å²) in [4.78, 5) is 0. The van der Waals surface area contributed by atoms with E-state index in [2.05, 4.69) is 40.8 Å². The fourth-order valence-corrected chi connectivity index (χ4v) is 1.71. The van der Waals surface area contributed by atoms with E-state index >= 15 is 0 Å². The van der Waals surface area contributed by atoms with Crippen molar-refractivity contribution in [2.75, 3.05) is 7.05 Å². The van der Waals surface area contributed by atoms with E-state index in [-0.39, 0.29) is 12.1 Å². The first-order valence-electron chi connectivity index (χ1n) is 5.34. The molecule has 0 aliphatic rings. The molecule has 0 aromatic heterocycles. The SMILES string of the molecule is C=CC(C)Oc1cc(Br)ccc1C(C)NC. The number of hydrogen-bond donors (Lipinski definition) is 1. The van der Waals surface area contributed by atoms with E-state index < -0.39 is 0 Å². The van der Waals surface area contributed by atoms with Crippen LogP contribution in [0.25, 0.3) is 0 Å². The first kappa shape index (κ1) is 13.3. The fourth-order valence-electron chi connectivity index (χ4n) is 1.37. The standard InChI is InChI=1S/C13H18BrNO/c1-5-9(2)16-13-8-11(14)6-7-12(13)10(3)15-4/h5-10,15H,1H2,2-4H3. The molecule has 0 saturated carbocycles. The smallest absolute Gasteiger partial charge is 0.126 e. The third-order valence-corrected chi connectivity index (χ3v) is 3.01. The van der Waals surface area contributed by atoms with E-state index in [4.69, 9.17) is 4.74 Å². The van der Waals surface area contributed by atoms with Gasteiger partial charge in [-0.3, -0.25) is 0 Å².